The first-order valence-corrected chi connectivity index (χ1v) is 17.3. The molecule has 2 saturated heterocycles. The van der Waals surface area contributed by atoms with Crippen LogP contribution in [0.4, 0.5) is 17.6 Å². The Morgan fingerprint density at radius 3 is 2.45 bits per heavy atom. The average Bonchev–Trinajstić information content (AvgIpc) is 3.65. The number of benzene rings is 2. The quantitative estimate of drug-likeness (QED) is 0.230. The fraction of sp³-hybridized carbons (Fsp3) is 0.452. The Balaban J connectivity index is 1.32. The zero-order valence-electron chi connectivity index (χ0n) is 25.7. The fourth-order valence-corrected chi connectivity index (χ4v) is 7.25. The van der Waals surface area contributed by atoms with Crippen LogP contribution in [0.25, 0.3) is 10.1 Å². The van der Waals surface area contributed by atoms with Crippen LogP contribution in [0.3, 0.4) is 0 Å². The summed E-state index contributed by atoms with van der Waals surface area (Å²) in [5.74, 6) is -3.02. The maximum atomic E-state index is 14.5. The number of rotatable bonds is 7. The molecule has 0 radical (unpaired) electrons. The van der Waals surface area contributed by atoms with Gasteiger partial charge >= 0.3 is 13.3 Å². The molecular weight excluding hydrogens is 665 g/mol. The molecule has 3 amide bonds. The molecular formula is C31H34F4N3O7PS. The smallest absolute Gasteiger partial charge is 0.370 e. The van der Waals surface area contributed by atoms with E-state index in [9.17, 15) is 36.5 Å². The van der Waals surface area contributed by atoms with E-state index in [1.54, 1.807) is 20.8 Å². The van der Waals surface area contributed by atoms with Crippen molar-refractivity contribution in [2.45, 2.75) is 57.5 Å². The first kappa shape index (κ1) is 35.0. The maximum Gasteiger partial charge on any atom is 0.399 e. The predicted molar refractivity (Wildman–Crippen MR) is 165 cm³/mol. The Morgan fingerprint density at radius 1 is 1.06 bits per heavy atom. The molecule has 254 valence electrons. The SMILES string of the molecule is CC(C)(C)[C@H](NC(=O)c1cc2cc(C(F)(F)P(=O)(O)O)ccc2s1)C(=O)N1CCC[C@H]1C(=O)N1CCOC(c2ccc(F)cc2F)C1. The van der Waals surface area contributed by atoms with Gasteiger partial charge in [-0.15, -0.1) is 11.3 Å². The zero-order chi connectivity index (χ0) is 34.5. The molecule has 3 heterocycles. The van der Waals surface area contributed by atoms with Crippen molar-refractivity contribution < 1.29 is 51.0 Å². The van der Waals surface area contributed by atoms with Crippen LogP contribution in [-0.2, 0) is 24.6 Å². The van der Waals surface area contributed by atoms with Crippen LogP contribution in [0.15, 0.2) is 42.5 Å². The van der Waals surface area contributed by atoms with Gasteiger partial charge in [-0.1, -0.05) is 32.9 Å². The number of carbonyl (C=O) groups is 3. The molecule has 2 aromatic carbocycles. The number of halogens is 4. The third-order valence-electron chi connectivity index (χ3n) is 8.35. The predicted octanol–water partition coefficient (Wildman–Crippen LogP) is 5.14. The molecule has 0 saturated carbocycles. The number of morpholine rings is 1. The summed E-state index contributed by atoms with van der Waals surface area (Å²) in [6, 6.07) is 5.56. The summed E-state index contributed by atoms with van der Waals surface area (Å²) in [6.07, 6.45) is 0.0895. The van der Waals surface area contributed by atoms with Crippen LogP contribution < -0.4 is 5.32 Å². The molecule has 1 aromatic heterocycles. The highest BCUT2D eigenvalue weighted by Gasteiger charge is 2.50. The lowest BCUT2D eigenvalue weighted by Crippen LogP contribution is -2.58. The number of alkyl halides is 2. The fourth-order valence-electron chi connectivity index (χ4n) is 5.83. The van der Waals surface area contributed by atoms with Crippen LogP contribution in [0, 0.1) is 17.0 Å². The van der Waals surface area contributed by atoms with Gasteiger partial charge in [-0.3, -0.25) is 18.9 Å². The van der Waals surface area contributed by atoms with Gasteiger partial charge < -0.3 is 29.6 Å². The lowest BCUT2D eigenvalue weighted by atomic mass is 9.85. The molecule has 5 rings (SSSR count). The Hall–Kier alpha value is -3.36. The molecule has 0 bridgehead atoms. The van der Waals surface area contributed by atoms with Crippen molar-refractivity contribution in [2.24, 2.45) is 5.41 Å². The van der Waals surface area contributed by atoms with Gasteiger partial charge in [0.25, 0.3) is 5.91 Å². The standard InChI is InChI=1S/C31H34F4N3O7PS/c1-30(2,3)26(36-27(39)25-14-17-13-18(6-9-24(17)47-25)31(34,35)46(42,43)44)29(41)38-10-4-5-22(38)28(40)37-11-12-45-23(16-37)20-8-7-19(32)15-21(20)33/h6-9,13-15,22-23,26H,4-5,10-12,16H2,1-3H3,(H,36,39)(H2,42,43,44)/t22-,23?,26+/m0/s1. The van der Waals surface area contributed by atoms with Crippen molar-refractivity contribution in [1.82, 2.24) is 15.1 Å². The number of ether oxygens (including phenoxy) is 1. The number of amides is 3. The monoisotopic (exact) mass is 699 g/mol. The summed E-state index contributed by atoms with van der Waals surface area (Å²) < 4.78 is 73.9. The second-order valence-electron chi connectivity index (χ2n) is 12.7. The lowest BCUT2D eigenvalue weighted by molar-refractivity contribution is -0.150. The van der Waals surface area contributed by atoms with E-state index in [0.29, 0.717) is 17.5 Å². The zero-order valence-corrected chi connectivity index (χ0v) is 27.4. The highest BCUT2D eigenvalue weighted by Crippen LogP contribution is 2.59. The van der Waals surface area contributed by atoms with Crippen LogP contribution in [0.1, 0.15) is 60.5 Å². The number of carbonyl (C=O) groups excluding carboxylic acids is 3. The van der Waals surface area contributed by atoms with E-state index in [4.69, 9.17) is 14.5 Å². The van der Waals surface area contributed by atoms with Gasteiger partial charge in [-0.05, 0) is 47.9 Å². The summed E-state index contributed by atoms with van der Waals surface area (Å²) in [5.41, 5.74) is -6.02. The van der Waals surface area contributed by atoms with E-state index in [1.165, 1.54) is 28.0 Å². The van der Waals surface area contributed by atoms with Gasteiger partial charge in [0.2, 0.25) is 11.8 Å². The van der Waals surface area contributed by atoms with Crippen molar-refractivity contribution in [2.75, 3.05) is 26.2 Å². The first-order chi connectivity index (χ1) is 21.9. The Morgan fingerprint density at radius 2 is 1.79 bits per heavy atom. The van der Waals surface area contributed by atoms with Crippen molar-refractivity contribution in [3.63, 3.8) is 0 Å². The van der Waals surface area contributed by atoms with E-state index in [2.05, 4.69) is 5.32 Å². The number of nitrogens with one attached hydrogen (secondary N) is 1. The Bertz CT molecular complexity index is 1760. The average molecular weight is 700 g/mol. The minimum atomic E-state index is -5.79. The molecule has 3 aromatic rings. The van der Waals surface area contributed by atoms with Crippen LogP contribution in [0.2, 0.25) is 0 Å². The Kier molecular flexibility index (Phi) is 9.61. The molecule has 2 aliphatic rings. The second kappa shape index (κ2) is 12.9. The van der Waals surface area contributed by atoms with Crippen molar-refractivity contribution in [3.05, 3.63) is 70.1 Å². The largest absolute Gasteiger partial charge is 0.399 e. The molecule has 10 nitrogen and oxygen atoms in total. The van der Waals surface area contributed by atoms with E-state index in [0.717, 1.165) is 35.6 Å². The van der Waals surface area contributed by atoms with Crippen molar-refractivity contribution in [1.29, 1.82) is 0 Å². The summed E-state index contributed by atoms with van der Waals surface area (Å²) in [6.45, 7) is 5.83. The molecule has 3 N–H and O–H groups in total. The summed E-state index contributed by atoms with van der Waals surface area (Å²) in [5, 5.41) is 2.91. The second-order valence-corrected chi connectivity index (χ2v) is 15.5. The molecule has 47 heavy (non-hydrogen) atoms. The summed E-state index contributed by atoms with van der Waals surface area (Å²) in [4.78, 5) is 62.4. The third-order valence-corrected chi connectivity index (χ3v) is 10.5. The van der Waals surface area contributed by atoms with Crippen LogP contribution in [-0.4, -0.2) is 75.6 Å². The van der Waals surface area contributed by atoms with E-state index < -0.39 is 65.9 Å². The number of hydrogen-bond acceptors (Lipinski definition) is 6. The minimum Gasteiger partial charge on any atom is -0.370 e. The molecule has 3 atom stereocenters. The lowest BCUT2D eigenvalue weighted by Gasteiger charge is -2.38. The molecule has 2 aliphatic heterocycles. The summed E-state index contributed by atoms with van der Waals surface area (Å²) >= 11 is 0.957. The van der Waals surface area contributed by atoms with Gasteiger partial charge in [0.1, 0.15) is 29.8 Å². The maximum absolute atomic E-state index is 14.5. The normalized spacial score (nSPS) is 20.0. The summed E-state index contributed by atoms with van der Waals surface area (Å²) in [7, 11) is -5.79. The molecule has 2 fully saturated rings. The topological polar surface area (TPSA) is 136 Å². The highest BCUT2D eigenvalue weighted by molar-refractivity contribution is 7.52. The number of fused-ring (bicyclic) bond motifs is 1. The van der Waals surface area contributed by atoms with Gasteiger partial charge in [0.15, 0.2) is 0 Å². The van der Waals surface area contributed by atoms with Gasteiger partial charge in [0, 0.05) is 35.0 Å². The van der Waals surface area contributed by atoms with E-state index in [-0.39, 0.29) is 48.0 Å². The third kappa shape index (κ3) is 7.09. The molecule has 16 heteroatoms. The van der Waals surface area contributed by atoms with Gasteiger partial charge in [-0.2, -0.15) is 8.78 Å². The molecule has 0 aliphatic carbocycles. The number of likely N-dealkylation sites (tertiary alicyclic amines) is 1. The van der Waals surface area contributed by atoms with Crippen molar-refractivity contribution in [3.8, 4) is 0 Å². The Labute approximate surface area is 271 Å². The number of nitrogens with zero attached hydrogens (tertiary/aromatic N) is 2. The van der Waals surface area contributed by atoms with Gasteiger partial charge in [0.05, 0.1) is 18.0 Å². The van der Waals surface area contributed by atoms with E-state index >= 15 is 0 Å². The van der Waals surface area contributed by atoms with Crippen LogP contribution >= 0.6 is 18.9 Å². The first-order valence-electron chi connectivity index (χ1n) is 14.8. The van der Waals surface area contributed by atoms with E-state index in [1.807, 2.05) is 0 Å². The highest BCUT2D eigenvalue weighted by atomic mass is 32.1. The number of hydrogen-bond donors (Lipinski definition) is 3. The van der Waals surface area contributed by atoms with Crippen LogP contribution in [0.5, 0.6) is 0 Å². The van der Waals surface area contributed by atoms with Crippen molar-refractivity contribution >= 4 is 46.7 Å². The molecule has 0 spiro atoms. The van der Waals surface area contributed by atoms with Gasteiger partial charge in [-0.25, -0.2) is 8.78 Å². The number of thiophene rings is 1. The minimum absolute atomic E-state index is 0.00704. The molecule has 1 unspecified atom stereocenters.